The normalized spacial score (nSPS) is 17.6. The molecule has 134 valence electrons. The van der Waals surface area contributed by atoms with Gasteiger partial charge in [-0.1, -0.05) is 0 Å². The van der Waals surface area contributed by atoms with Gasteiger partial charge < -0.3 is 14.5 Å². The minimum absolute atomic E-state index is 0.282. The number of hydrogen-bond donors (Lipinski definition) is 0. The van der Waals surface area contributed by atoms with Crippen LogP contribution in [0.4, 0.5) is 15.8 Å². The van der Waals surface area contributed by atoms with Gasteiger partial charge in [-0.05, 0) is 30.7 Å². The lowest BCUT2D eigenvalue weighted by atomic mass is 10.1. The Morgan fingerprint density at radius 2 is 1.77 bits per heavy atom. The van der Waals surface area contributed by atoms with Gasteiger partial charge in [0.1, 0.15) is 11.5 Å². The molecule has 7 heteroatoms. The minimum atomic E-state index is -0.282. The van der Waals surface area contributed by atoms with E-state index >= 15 is 0 Å². The summed E-state index contributed by atoms with van der Waals surface area (Å²) < 4.78 is 21.4. The number of aromatic nitrogens is 3. The van der Waals surface area contributed by atoms with E-state index in [0.717, 1.165) is 56.2 Å². The summed E-state index contributed by atoms with van der Waals surface area (Å²) >= 11 is 0. The molecule has 0 saturated carbocycles. The molecule has 2 aliphatic heterocycles. The van der Waals surface area contributed by atoms with Gasteiger partial charge in [0, 0.05) is 43.4 Å². The SMILES string of the molecule is Fc1ccc(N2CCC2)cc1-n1cc2cc(N3CCOCC3)cnc2n1. The van der Waals surface area contributed by atoms with Crippen molar-refractivity contribution >= 4 is 22.4 Å². The Bertz CT molecular complexity index is 946. The van der Waals surface area contributed by atoms with Crippen molar-refractivity contribution in [1.82, 2.24) is 14.8 Å². The number of hydrogen-bond acceptors (Lipinski definition) is 5. The van der Waals surface area contributed by atoms with Crippen molar-refractivity contribution in [1.29, 1.82) is 0 Å². The molecule has 2 fully saturated rings. The minimum Gasteiger partial charge on any atom is -0.378 e. The van der Waals surface area contributed by atoms with Crippen LogP contribution in [0.1, 0.15) is 6.42 Å². The van der Waals surface area contributed by atoms with E-state index in [9.17, 15) is 4.39 Å². The predicted octanol–water partition coefficient (Wildman–Crippen LogP) is 2.61. The third-order valence-corrected chi connectivity index (χ3v) is 5.12. The first-order valence-corrected chi connectivity index (χ1v) is 9.01. The molecule has 0 bridgehead atoms. The van der Waals surface area contributed by atoms with Crippen molar-refractivity contribution in [3.05, 3.63) is 42.5 Å². The summed E-state index contributed by atoms with van der Waals surface area (Å²) in [7, 11) is 0. The molecular formula is C19H20FN5O. The van der Waals surface area contributed by atoms with Crippen LogP contribution in [0.3, 0.4) is 0 Å². The van der Waals surface area contributed by atoms with Gasteiger partial charge >= 0.3 is 0 Å². The third-order valence-electron chi connectivity index (χ3n) is 5.12. The monoisotopic (exact) mass is 353 g/mol. The highest BCUT2D eigenvalue weighted by Gasteiger charge is 2.18. The van der Waals surface area contributed by atoms with Crippen molar-refractivity contribution in [2.45, 2.75) is 6.42 Å². The van der Waals surface area contributed by atoms with Gasteiger partial charge in [-0.25, -0.2) is 14.1 Å². The molecule has 2 aliphatic rings. The molecule has 0 N–H and O–H groups in total. The first-order valence-electron chi connectivity index (χ1n) is 9.01. The van der Waals surface area contributed by atoms with Gasteiger partial charge in [0.15, 0.2) is 5.65 Å². The summed E-state index contributed by atoms with van der Waals surface area (Å²) in [6, 6.07) is 7.27. The standard InChI is InChI=1S/C19H20FN5O/c20-17-3-2-15(23-4-1-5-23)11-18(17)25-13-14-10-16(12-21-19(14)22-25)24-6-8-26-9-7-24/h2-3,10-13H,1,4-9H2. The number of halogens is 1. The summed E-state index contributed by atoms with van der Waals surface area (Å²) in [5.74, 6) is -0.282. The van der Waals surface area contributed by atoms with Gasteiger partial charge in [0.05, 0.1) is 25.1 Å². The number of ether oxygens (including phenoxy) is 1. The van der Waals surface area contributed by atoms with E-state index in [4.69, 9.17) is 4.74 Å². The maximum absolute atomic E-state index is 14.4. The van der Waals surface area contributed by atoms with Crippen molar-refractivity contribution in [3.8, 4) is 5.69 Å². The van der Waals surface area contributed by atoms with Crippen molar-refractivity contribution in [2.24, 2.45) is 0 Å². The third kappa shape index (κ3) is 2.68. The lowest BCUT2D eigenvalue weighted by molar-refractivity contribution is 0.122. The van der Waals surface area contributed by atoms with E-state index < -0.39 is 0 Å². The van der Waals surface area contributed by atoms with Crippen molar-refractivity contribution in [3.63, 3.8) is 0 Å². The fourth-order valence-corrected chi connectivity index (χ4v) is 3.47. The van der Waals surface area contributed by atoms with Crippen LogP contribution in [0, 0.1) is 5.82 Å². The number of pyridine rings is 1. The summed E-state index contributed by atoms with van der Waals surface area (Å²) in [6.45, 7) is 5.21. The zero-order valence-corrected chi connectivity index (χ0v) is 14.4. The molecule has 0 atom stereocenters. The molecule has 2 aromatic heterocycles. The quantitative estimate of drug-likeness (QED) is 0.724. The van der Waals surface area contributed by atoms with Gasteiger partial charge in [-0.3, -0.25) is 0 Å². The van der Waals surface area contributed by atoms with Crippen LogP contribution in [-0.2, 0) is 4.74 Å². The van der Waals surface area contributed by atoms with Gasteiger partial charge in [-0.2, -0.15) is 0 Å². The van der Waals surface area contributed by atoms with E-state index in [1.807, 2.05) is 24.5 Å². The summed E-state index contributed by atoms with van der Waals surface area (Å²) in [5, 5.41) is 5.38. The molecule has 4 heterocycles. The lowest BCUT2D eigenvalue weighted by Gasteiger charge is -2.33. The van der Waals surface area contributed by atoms with Gasteiger partial charge in [0.2, 0.25) is 0 Å². The highest BCUT2D eigenvalue weighted by molar-refractivity contribution is 5.78. The van der Waals surface area contributed by atoms with Crippen LogP contribution < -0.4 is 9.80 Å². The second-order valence-corrected chi connectivity index (χ2v) is 6.76. The van der Waals surface area contributed by atoms with E-state index in [1.165, 1.54) is 12.5 Å². The van der Waals surface area contributed by atoms with Crippen LogP contribution in [0.5, 0.6) is 0 Å². The Balaban J connectivity index is 1.51. The first-order chi connectivity index (χ1) is 12.8. The van der Waals surface area contributed by atoms with Crippen LogP contribution in [0.2, 0.25) is 0 Å². The van der Waals surface area contributed by atoms with E-state index in [2.05, 4.69) is 25.9 Å². The summed E-state index contributed by atoms with van der Waals surface area (Å²) in [6.07, 6.45) is 4.87. The number of fused-ring (bicyclic) bond motifs is 1. The molecule has 0 amide bonds. The zero-order chi connectivity index (χ0) is 17.5. The molecule has 2 saturated heterocycles. The smallest absolute Gasteiger partial charge is 0.181 e. The highest BCUT2D eigenvalue weighted by atomic mass is 19.1. The Kier molecular flexibility index (Phi) is 3.74. The Labute approximate surface area is 150 Å². The number of rotatable bonds is 3. The number of morpholine rings is 1. The average molecular weight is 353 g/mol. The Hall–Kier alpha value is -2.67. The molecule has 6 nitrogen and oxygen atoms in total. The maximum Gasteiger partial charge on any atom is 0.181 e. The van der Waals surface area contributed by atoms with Gasteiger partial charge in [-0.15, -0.1) is 5.10 Å². The van der Waals surface area contributed by atoms with Crippen LogP contribution in [-0.4, -0.2) is 54.2 Å². The molecule has 0 radical (unpaired) electrons. The maximum atomic E-state index is 14.4. The molecular weight excluding hydrogens is 333 g/mol. The molecule has 5 rings (SSSR count). The zero-order valence-electron chi connectivity index (χ0n) is 14.4. The summed E-state index contributed by atoms with van der Waals surface area (Å²) in [5.41, 5.74) is 3.17. The molecule has 26 heavy (non-hydrogen) atoms. The van der Waals surface area contributed by atoms with E-state index in [-0.39, 0.29) is 5.82 Å². The summed E-state index contributed by atoms with van der Waals surface area (Å²) in [4.78, 5) is 8.96. The Morgan fingerprint density at radius 1 is 0.962 bits per heavy atom. The van der Waals surface area contributed by atoms with Crippen LogP contribution in [0.15, 0.2) is 36.7 Å². The van der Waals surface area contributed by atoms with Crippen LogP contribution >= 0.6 is 0 Å². The second kappa shape index (κ2) is 6.25. The molecule has 1 aromatic carbocycles. The first kappa shape index (κ1) is 15.6. The lowest BCUT2D eigenvalue weighted by Crippen LogP contribution is -2.37. The number of benzene rings is 1. The van der Waals surface area contributed by atoms with Gasteiger partial charge in [0.25, 0.3) is 0 Å². The molecule has 0 spiro atoms. The second-order valence-electron chi connectivity index (χ2n) is 6.76. The van der Waals surface area contributed by atoms with E-state index in [0.29, 0.717) is 11.3 Å². The van der Waals surface area contributed by atoms with E-state index in [1.54, 1.807) is 4.68 Å². The molecule has 3 aromatic rings. The van der Waals surface area contributed by atoms with Crippen molar-refractivity contribution in [2.75, 3.05) is 49.2 Å². The fourth-order valence-electron chi connectivity index (χ4n) is 3.47. The molecule has 0 unspecified atom stereocenters. The fraction of sp³-hybridized carbons (Fsp3) is 0.368. The largest absolute Gasteiger partial charge is 0.378 e. The Morgan fingerprint density at radius 3 is 2.54 bits per heavy atom. The van der Waals surface area contributed by atoms with Crippen molar-refractivity contribution < 1.29 is 9.13 Å². The van der Waals surface area contributed by atoms with Crippen LogP contribution in [0.25, 0.3) is 16.7 Å². The average Bonchev–Trinajstić information content (AvgIpc) is 3.05. The molecule has 0 aliphatic carbocycles. The number of anilines is 2. The predicted molar refractivity (Wildman–Crippen MR) is 98.7 cm³/mol. The highest BCUT2D eigenvalue weighted by Crippen LogP contribution is 2.27. The topological polar surface area (TPSA) is 46.4 Å². The number of nitrogens with zero attached hydrogens (tertiary/aromatic N) is 5.